The maximum atomic E-state index is 11.9. The zero-order valence-electron chi connectivity index (χ0n) is 14.4. The van der Waals surface area contributed by atoms with Crippen molar-refractivity contribution < 1.29 is 9.90 Å². The number of benzene rings is 2. The summed E-state index contributed by atoms with van der Waals surface area (Å²) in [6.45, 7) is 3.74. The van der Waals surface area contributed by atoms with Gasteiger partial charge in [0.1, 0.15) is 15.8 Å². The Labute approximate surface area is 160 Å². The van der Waals surface area contributed by atoms with Gasteiger partial charge in [-0.25, -0.2) is 0 Å². The molecule has 0 aliphatic carbocycles. The molecule has 1 atom stereocenters. The summed E-state index contributed by atoms with van der Waals surface area (Å²) < 4.78 is 7.80. The number of thioether (sulfide) groups is 1. The summed E-state index contributed by atoms with van der Waals surface area (Å²) in [5.41, 5.74) is 3.89. The van der Waals surface area contributed by atoms with E-state index in [1.165, 1.54) is 11.8 Å². The van der Waals surface area contributed by atoms with E-state index in [9.17, 15) is 9.90 Å². The first kappa shape index (κ1) is 18.4. The number of carbonyl (C=O) groups is 1. The van der Waals surface area contributed by atoms with Gasteiger partial charge in [-0.2, -0.15) is 14.0 Å². The minimum atomic E-state index is -0.923. The lowest BCUT2D eigenvalue weighted by atomic mass is 10.0. The Morgan fingerprint density at radius 2 is 2.00 bits per heavy atom. The quantitative estimate of drug-likeness (QED) is 0.605. The predicted octanol–water partition coefficient (Wildman–Crippen LogP) is 4.97. The molecule has 132 valence electrons. The number of nitriles is 1. The molecule has 0 saturated carbocycles. The van der Waals surface area contributed by atoms with Crippen LogP contribution >= 0.6 is 23.5 Å². The van der Waals surface area contributed by atoms with Gasteiger partial charge in [0, 0.05) is 10.5 Å². The number of hydrogen-bond donors (Lipinski definition) is 1. The fourth-order valence-corrected chi connectivity index (χ4v) is 4.70. The molecule has 0 fully saturated rings. The minimum Gasteiger partial charge on any atom is -0.480 e. The SMILES string of the molecule is CCCC(C)(Sc1ccc2nsnc2c1-c1ccc(C#N)cc1)C(=O)O. The van der Waals surface area contributed by atoms with Crippen molar-refractivity contribution in [2.75, 3.05) is 0 Å². The van der Waals surface area contributed by atoms with Crippen LogP contribution in [0.4, 0.5) is 0 Å². The number of hydrogen-bond acceptors (Lipinski definition) is 6. The zero-order valence-corrected chi connectivity index (χ0v) is 16.0. The lowest BCUT2D eigenvalue weighted by Crippen LogP contribution is -2.31. The molecule has 5 nitrogen and oxygen atoms in total. The molecule has 1 unspecified atom stereocenters. The third-order valence-electron chi connectivity index (χ3n) is 4.21. The molecule has 1 aromatic heterocycles. The van der Waals surface area contributed by atoms with Crippen molar-refractivity contribution in [2.24, 2.45) is 0 Å². The second kappa shape index (κ2) is 7.44. The number of aromatic nitrogens is 2. The van der Waals surface area contributed by atoms with Crippen LogP contribution in [0.5, 0.6) is 0 Å². The largest absolute Gasteiger partial charge is 0.480 e. The maximum absolute atomic E-state index is 11.9. The molecule has 0 aliphatic rings. The molecule has 0 spiro atoms. The van der Waals surface area contributed by atoms with Crippen LogP contribution in [0.1, 0.15) is 32.3 Å². The van der Waals surface area contributed by atoms with Crippen molar-refractivity contribution in [1.29, 1.82) is 5.26 Å². The number of rotatable bonds is 6. The zero-order chi connectivity index (χ0) is 18.7. The Bertz CT molecular complexity index is 992. The highest BCUT2D eigenvalue weighted by atomic mass is 32.2. The van der Waals surface area contributed by atoms with Crippen LogP contribution in [0.15, 0.2) is 41.3 Å². The normalized spacial score (nSPS) is 13.3. The van der Waals surface area contributed by atoms with Crippen LogP contribution < -0.4 is 0 Å². The van der Waals surface area contributed by atoms with E-state index in [4.69, 9.17) is 5.26 Å². The second-order valence-electron chi connectivity index (χ2n) is 6.15. The predicted molar refractivity (Wildman–Crippen MR) is 104 cm³/mol. The van der Waals surface area contributed by atoms with E-state index in [-0.39, 0.29) is 0 Å². The van der Waals surface area contributed by atoms with E-state index in [0.717, 1.165) is 45.2 Å². The molecule has 1 N–H and O–H groups in total. The summed E-state index contributed by atoms with van der Waals surface area (Å²) in [5.74, 6) is -0.827. The van der Waals surface area contributed by atoms with Crippen LogP contribution in [0.25, 0.3) is 22.2 Å². The maximum Gasteiger partial charge on any atom is 0.319 e. The molecule has 0 radical (unpaired) electrons. The molecular weight excluding hydrogens is 366 g/mol. The molecule has 26 heavy (non-hydrogen) atoms. The second-order valence-corrected chi connectivity index (χ2v) is 8.22. The molecular formula is C19H17N3O2S2. The van der Waals surface area contributed by atoms with Crippen molar-refractivity contribution in [3.05, 3.63) is 42.0 Å². The molecule has 1 heterocycles. The molecule has 3 aromatic rings. The first-order valence-corrected chi connectivity index (χ1v) is 9.71. The lowest BCUT2D eigenvalue weighted by molar-refractivity contribution is -0.139. The first-order chi connectivity index (χ1) is 12.5. The van der Waals surface area contributed by atoms with Crippen LogP contribution in [-0.2, 0) is 4.79 Å². The number of carboxylic acid groups (broad SMARTS) is 1. The van der Waals surface area contributed by atoms with Crippen LogP contribution in [0.3, 0.4) is 0 Å². The fourth-order valence-electron chi connectivity index (χ4n) is 2.83. The summed E-state index contributed by atoms with van der Waals surface area (Å²) >= 11 is 2.48. The highest BCUT2D eigenvalue weighted by molar-refractivity contribution is 8.01. The highest BCUT2D eigenvalue weighted by Gasteiger charge is 2.34. The topological polar surface area (TPSA) is 86.9 Å². The van der Waals surface area contributed by atoms with Gasteiger partial charge in [-0.3, -0.25) is 4.79 Å². The summed E-state index contributed by atoms with van der Waals surface area (Å²) in [6, 6.07) is 13.2. The number of nitrogens with zero attached hydrogens (tertiary/aromatic N) is 3. The van der Waals surface area contributed by atoms with E-state index >= 15 is 0 Å². The Morgan fingerprint density at radius 1 is 1.27 bits per heavy atom. The number of fused-ring (bicyclic) bond motifs is 1. The average Bonchev–Trinajstić information content (AvgIpc) is 3.10. The third kappa shape index (κ3) is 3.43. The van der Waals surface area contributed by atoms with Crippen LogP contribution in [0.2, 0.25) is 0 Å². The molecule has 0 amide bonds. The Morgan fingerprint density at radius 3 is 2.62 bits per heavy atom. The average molecular weight is 383 g/mol. The van der Waals surface area contributed by atoms with Gasteiger partial charge >= 0.3 is 5.97 Å². The van der Waals surface area contributed by atoms with Gasteiger partial charge in [0.25, 0.3) is 0 Å². The summed E-state index contributed by atoms with van der Waals surface area (Å²) in [4.78, 5) is 12.7. The van der Waals surface area contributed by atoms with Crippen molar-refractivity contribution >= 4 is 40.5 Å². The van der Waals surface area contributed by atoms with Crippen LogP contribution in [-0.4, -0.2) is 24.6 Å². The van der Waals surface area contributed by atoms with E-state index in [1.807, 2.05) is 31.2 Å². The molecule has 7 heteroatoms. The molecule has 0 aliphatic heterocycles. The highest BCUT2D eigenvalue weighted by Crippen LogP contribution is 2.44. The van der Waals surface area contributed by atoms with Gasteiger partial charge in [-0.05, 0) is 43.2 Å². The molecule has 0 bridgehead atoms. The Balaban J connectivity index is 2.16. The Kier molecular flexibility index (Phi) is 5.25. The minimum absolute atomic E-state index is 0.563. The summed E-state index contributed by atoms with van der Waals surface area (Å²) in [7, 11) is 0. The number of aliphatic carboxylic acids is 1. The van der Waals surface area contributed by atoms with Crippen molar-refractivity contribution in [2.45, 2.75) is 36.3 Å². The van der Waals surface area contributed by atoms with E-state index in [2.05, 4.69) is 14.8 Å². The van der Waals surface area contributed by atoms with Crippen molar-refractivity contribution in [3.8, 4) is 17.2 Å². The van der Waals surface area contributed by atoms with Gasteiger partial charge in [0.15, 0.2) is 0 Å². The van der Waals surface area contributed by atoms with Gasteiger partial charge in [-0.1, -0.05) is 25.5 Å². The summed E-state index contributed by atoms with van der Waals surface area (Å²) in [5, 5.41) is 18.8. The van der Waals surface area contributed by atoms with Crippen molar-refractivity contribution in [1.82, 2.24) is 8.75 Å². The summed E-state index contributed by atoms with van der Waals surface area (Å²) in [6.07, 6.45) is 1.34. The van der Waals surface area contributed by atoms with E-state index < -0.39 is 10.7 Å². The molecule has 2 aromatic carbocycles. The molecule has 0 saturated heterocycles. The number of carboxylic acids is 1. The van der Waals surface area contributed by atoms with Crippen molar-refractivity contribution in [3.63, 3.8) is 0 Å². The van der Waals surface area contributed by atoms with E-state index in [0.29, 0.717) is 12.0 Å². The van der Waals surface area contributed by atoms with Gasteiger partial charge < -0.3 is 5.11 Å². The van der Waals surface area contributed by atoms with Gasteiger partial charge in [0.05, 0.1) is 23.4 Å². The molecule has 3 rings (SSSR count). The Hall–Kier alpha value is -2.43. The monoisotopic (exact) mass is 383 g/mol. The van der Waals surface area contributed by atoms with Gasteiger partial charge in [0.2, 0.25) is 0 Å². The third-order valence-corrected chi connectivity index (χ3v) is 6.14. The lowest BCUT2D eigenvalue weighted by Gasteiger charge is -2.25. The first-order valence-electron chi connectivity index (χ1n) is 8.16. The fraction of sp³-hybridized carbons (Fsp3) is 0.263. The standard InChI is InChI=1S/C19H17N3O2S2/c1-3-10-19(2,18(23)24)25-15-9-8-14-17(22-26-21-14)16(15)13-6-4-12(11-20)5-7-13/h4-9H,3,10H2,1-2H3,(H,23,24). The van der Waals surface area contributed by atoms with E-state index in [1.54, 1.807) is 19.1 Å². The van der Waals surface area contributed by atoms with Gasteiger partial charge in [-0.15, -0.1) is 11.8 Å². The van der Waals surface area contributed by atoms with Crippen LogP contribution in [0, 0.1) is 11.3 Å². The smallest absolute Gasteiger partial charge is 0.319 e.